The lowest BCUT2D eigenvalue weighted by atomic mass is 10.0. The highest BCUT2D eigenvalue weighted by Crippen LogP contribution is 2.30. The van der Waals surface area contributed by atoms with E-state index in [0.717, 1.165) is 23.2 Å². The number of hydrogen-bond acceptors (Lipinski definition) is 3. The first-order valence-corrected chi connectivity index (χ1v) is 5.48. The van der Waals surface area contributed by atoms with E-state index in [-0.39, 0.29) is 11.9 Å². The molecule has 1 heterocycles. The molecule has 0 saturated heterocycles. The predicted octanol–water partition coefficient (Wildman–Crippen LogP) is 0.554. The van der Waals surface area contributed by atoms with Crippen molar-refractivity contribution in [3.63, 3.8) is 0 Å². The van der Waals surface area contributed by atoms with Crippen LogP contribution in [-0.2, 0) is 11.2 Å². The van der Waals surface area contributed by atoms with E-state index in [2.05, 4.69) is 0 Å². The van der Waals surface area contributed by atoms with Crippen LogP contribution in [0.2, 0.25) is 0 Å². The fourth-order valence-electron chi connectivity index (χ4n) is 2.07. The number of fused-ring (bicyclic) bond motifs is 1. The molecule has 4 heteroatoms. The van der Waals surface area contributed by atoms with Crippen LogP contribution in [0.1, 0.15) is 23.6 Å². The molecular formula is C12H17N3O. The molecule has 1 unspecified atom stereocenters. The second kappa shape index (κ2) is 4.23. The van der Waals surface area contributed by atoms with Gasteiger partial charge >= 0.3 is 0 Å². The first-order valence-electron chi connectivity index (χ1n) is 5.48. The molecule has 16 heavy (non-hydrogen) atoms. The van der Waals surface area contributed by atoms with Crippen molar-refractivity contribution in [2.45, 2.75) is 18.9 Å². The molecule has 1 atom stereocenters. The van der Waals surface area contributed by atoms with Gasteiger partial charge in [-0.05, 0) is 30.2 Å². The zero-order chi connectivity index (χ0) is 11.7. The highest BCUT2D eigenvalue weighted by atomic mass is 16.2. The van der Waals surface area contributed by atoms with E-state index >= 15 is 0 Å². The largest absolute Gasteiger partial charge is 0.330 e. The summed E-state index contributed by atoms with van der Waals surface area (Å²) >= 11 is 0. The van der Waals surface area contributed by atoms with Gasteiger partial charge < -0.3 is 16.4 Å². The number of amides is 1. The van der Waals surface area contributed by atoms with Crippen LogP contribution in [0.5, 0.6) is 0 Å². The van der Waals surface area contributed by atoms with E-state index in [1.54, 1.807) is 11.9 Å². The Balaban J connectivity index is 2.28. The Kier molecular flexibility index (Phi) is 2.94. The summed E-state index contributed by atoms with van der Waals surface area (Å²) in [6.45, 7) is 0.580. The summed E-state index contributed by atoms with van der Waals surface area (Å²) in [5.41, 5.74) is 14.6. The third kappa shape index (κ3) is 1.81. The molecule has 0 aromatic heterocycles. The summed E-state index contributed by atoms with van der Waals surface area (Å²) in [6.07, 6.45) is 1.25. The molecule has 1 aliphatic rings. The van der Waals surface area contributed by atoms with Crippen LogP contribution in [-0.4, -0.2) is 19.5 Å². The SMILES string of the molecule is CN1C(=O)Cc2cc(C(N)CCN)ccc21. The van der Waals surface area contributed by atoms with Gasteiger partial charge in [-0.3, -0.25) is 4.79 Å². The number of carbonyl (C=O) groups excluding carboxylic acids is 1. The lowest BCUT2D eigenvalue weighted by molar-refractivity contribution is -0.117. The Labute approximate surface area is 95.2 Å². The molecule has 2 rings (SSSR count). The Bertz CT molecular complexity index is 417. The maximum absolute atomic E-state index is 11.5. The Hall–Kier alpha value is -1.39. The molecule has 0 aliphatic carbocycles. The smallest absolute Gasteiger partial charge is 0.231 e. The van der Waals surface area contributed by atoms with Crippen molar-refractivity contribution in [3.8, 4) is 0 Å². The number of anilines is 1. The highest BCUT2D eigenvalue weighted by molar-refractivity contribution is 6.00. The molecule has 0 spiro atoms. The summed E-state index contributed by atoms with van der Waals surface area (Å²) in [5, 5.41) is 0. The highest BCUT2D eigenvalue weighted by Gasteiger charge is 2.24. The summed E-state index contributed by atoms with van der Waals surface area (Å²) in [7, 11) is 1.80. The standard InChI is InChI=1S/C12H17N3O/c1-15-11-3-2-8(10(14)4-5-13)6-9(11)7-12(15)16/h2-3,6,10H,4-5,7,13-14H2,1H3. The summed E-state index contributed by atoms with van der Waals surface area (Å²) in [5.74, 6) is 0.138. The van der Waals surface area contributed by atoms with Crippen molar-refractivity contribution < 1.29 is 4.79 Å². The topological polar surface area (TPSA) is 72.3 Å². The van der Waals surface area contributed by atoms with Crippen molar-refractivity contribution in [3.05, 3.63) is 29.3 Å². The Morgan fingerprint density at radius 1 is 1.50 bits per heavy atom. The van der Waals surface area contributed by atoms with Crippen molar-refractivity contribution in [2.75, 3.05) is 18.5 Å². The molecule has 1 aromatic rings. The van der Waals surface area contributed by atoms with Gasteiger partial charge in [0.2, 0.25) is 5.91 Å². The maximum atomic E-state index is 11.5. The van der Waals surface area contributed by atoms with Crippen molar-refractivity contribution in [2.24, 2.45) is 11.5 Å². The molecule has 0 saturated carbocycles. The third-order valence-corrected chi connectivity index (χ3v) is 3.09. The molecule has 4 nitrogen and oxygen atoms in total. The van der Waals surface area contributed by atoms with Gasteiger partial charge in [-0.25, -0.2) is 0 Å². The maximum Gasteiger partial charge on any atom is 0.231 e. The first kappa shape index (κ1) is 11.1. The number of benzene rings is 1. The van der Waals surface area contributed by atoms with Crippen LogP contribution >= 0.6 is 0 Å². The molecule has 0 bridgehead atoms. The van der Waals surface area contributed by atoms with Crippen LogP contribution < -0.4 is 16.4 Å². The van der Waals surface area contributed by atoms with Gasteiger partial charge in [0.05, 0.1) is 6.42 Å². The number of carbonyl (C=O) groups is 1. The monoisotopic (exact) mass is 219 g/mol. The Morgan fingerprint density at radius 2 is 2.25 bits per heavy atom. The normalized spacial score (nSPS) is 16.4. The average Bonchev–Trinajstić information content (AvgIpc) is 2.55. The molecule has 4 N–H and O–H groups in total. The van der Waals surface area contributed by atoms with Gasteiger partial charge in [-0.15, -0.1) is 0 Å². The van der Waals surface area contributed by atoms with Crippen molar-refractivity contribution in [1.29, 1.82) is 0 Å². The van der Waals surface area contributed by atoms with Crippen LogP contribution in [0.4, 0.5) is 5.69 Å². The van der Waals surface area contributed by atoms with Crippen molar-refractivity contribution in [1.82, 2.24) is 0 Å². The van der Waals surface area contributed by atoms with E-state index in [1.165, 1.54) is 0 Å². The van der Waals surface area contributed by atoms with Gasteiger partial charge in [0.1, 0.15) is 0 Å². The number of rotatable bonds is 3. The summed E-state index contributed by atoms with van der Waals surface area (Å²) in [4.78, 5) is 13.2. The van der Waals surface area contributed by atoms with E-state index < -0.39 is 0 Å². The van der Waals surface area contributed by atoms with Gasteiger partial charge in [0.25, 0.3) is 0 Å². The van der Waals surface area contributed by atoms with Crippen LogP contribution in [0.25, 0.3) is 0 Å². The lowest BCUT2D eigenvalue weighted by Gasteiger charge is -2.14. The fourth-order valence-corrected chi connectivity index (χ4v) is 2.07. The van der Waals surface area contributed by atoms with E-state index in [4.69, 9.17) is 11.5 Å². The van der Waals surface area contributed by atoms with Gasteiger partial charge in [-0.2, -0.15) is 0 Å². The average molecular weight is 219 g/mol. The molecule has 86 valence electrons. The molecule has 1 aliphatic heterocycles. The predicted molar refractivity (Wildman–Crippen MR) is 64.2 cm³/mol. The molecular weight excluding hydrogens is 202 g/mol. The number of nitrogens with two attached hydrogens (primary N) is 2. The quantitative estimate of drug-likeness (QED) is 0.780. The lowest BCUT2D eigenvalue weighted by Crippen LogP contribution is -2.20. The van der Waals surface area contributed by atoms with E-state index in [9.17, 15) is 4.79 Å². The molecule has 0 fully saturated rings. The van der Waals surface area contributed by atoms with Gasteiger partial charge in [-0.1, -0.05) is 12.1 Å². The van der Waals surface area contributed by atoms with Crippen LogP contribution in [0.3, 0.4) is 0 Å². The molecule has 0 radical (unpaired) electrons. The van der Waals surface area contributed by atoms with Gasteiger partial charge in [0.15, 0.2) is 0 Å². The number of nitrogens with zero attached hydrogens (tertiary/aromatic N) is 1. The van der Waals surface area contributed by atoms with Gasteiger partial charge in [0, 0.05) is 18.8 Å². The summed E-state index contributed by atoms with van der Waals surface area (Å²) in [6, 6.07) is 5.94. The number of hydrogen-bond donors (Lipinski definition) is 2. The van der Waals surface area contributed by atoms with E-state index in [1.807, 2.05) is 18.2 Å². The second-order valence-corrected chi connectivity index (χ2v) is 4.20. The minimum Gasteiger partial charge on any atom is -0.330 e. The second-order valence-electron chi connectivity index (χ2n) is 4.20. The fraction of sp³-hybridized carbons (Fsp3) is 0.417. The minimum atomic E-state index is -0.0312. The molecule has 1 amide bonds. The van der Waals surface area contributed by atoms with E-state index in [0.29, 0.717) is 13.0 Å². The summed E-state index contributed by atoms with van der Waals surface area (Å²) < 4.78 is 0. The first-order chi connectivity index (χ1) is 7.63. The minimum absolute atomic E-state index is 0.0312. The third-order valence-electron chi connectivity index (χ3n) is 3.09. The Morgan fingerprint density at radius 3 is 2.94 bits per heavy atom. The zero-order valence-corrected chi connectivity index (χ0v) is 9.44. The van der Waals surface area contributed by atoms with Crippen molar-refractivity contribution >= 4 is 11.6 Å². The number of likely N-dealkylation sites (N-methyl/N-ethyl adjacent to an activating group) is 1. The van der Waals surface area contributed by atoms with Crippen LogP contribution in [0, 0.1) is 0 Å². The zero-order valence-electron chi connectivity index (χ0n) is 9.44. The molecule has 1 aromatic carbocycles. The van der Waals surface area contributed by atoms with Crippen LogP contribution in [0.15, 0.2) is 18.2 Å².